The molecule has 1 aromatic carbocycles. The molecule has 4 atom stereocenters. The van der Waals surface area contributed by atoms with Gasteiger partial charge in [0.2, 0.25) is 0 Å². The van der Waals surface area contributed by atoms with Crippen LogP contribution in [0.5, 0.6) is 0 Å². The molecule has 17 heavy (non-hydrogen) atoms. The van der Waals surface area contributed by atoms with Gasteiger partial charge in [-0.1, -0.05) is 23.7 Å². The maximum atomic E-state index is 5.96. The molecule has 0 radical (unpaired) electrons. The third-order valence-corrected chi connectivity index (χ3v) is 4.93. The van der Waals surface area contributed by atoms with Crippen LogP contribution in [0.2, 0.25) is 5.02 Å². The fraction of sp³-hybridized carbons (Fsp3) is 0.571. The first-order valence-electron chi connectivity index (χ1n) is 6.34. The largest absolute Gasteiger partial charge is 1.00 e. The minimum absolute atomic E-state index is 0. The zero-order valence-corrected chi connectivity index (χ0v) is 11.4. The lowest BCUT2D eigenvalue weighted by Gasteiger charge is -2.29. The number of quaternary nitrogens is 1. The van der Waals surface area contributed by atoms with Gasteiger partial charge < -0.3 is 18.1 Å². The second-order valence-corrected chi connectivity index (χ2v) is 5.80. The highest BCUT2D eigenvalue weighted by molar-refractivity contribution is 6.30. The number of fused-ring (bicyclic) bond motifs is 2. The van der Waals surface area contributed by atoms with Gasteiger partial charge in [0.1, 0.15) is 0 Å². The standard InChI is InChI=1S/C14H18ClN.ClH/c15-12-5-3-9(4-6-12)14-11-2-1-10(7-11)13(14)8-16;/h3-6,10-11,13-14H,1-2,7-8,16H2;1H/t10-,11+,13+,14+;/m1./s1. The van der Waals surface area contributed by atoms with Crippen LogP contribution < -0.4 is 18.1 Å². The van der Waals surface area contributed by atoms with Crippen molar-refractivity contribution < 1.29 is 18.1 Å². The molecule has 2 aliphatic carbocycles. The lowest BCUT2D eigenvalue weighted by atomic mass is 9.75. The Hall–Kier alpha value is -0.240. The van der Waals surface area contributed by atoms with E-state index in [9.17, 15) is 0 Å². The molecule has 2 aliphatic rings. The van der Waals surface area contributed by atoms with Gasteiger partial charge in [0.15, 0.2) is 0 Å². The lowest BCUT2D eigenvalue weighted by molar-refractivity contribution is -0.382. The molecule has 1 aromatic rings. The average Bonchev–Trinajstić information content (AvgIpc) is 2.89. The van der Waals surface area contributed by atoms with Gasteiger partial charge in [-0.2, -0.15) is 0 Å². The second-order valence-electron chi connectivity index (χ2n) is 5.36. The molecule has 0 aromatic heterocycles. The summed E-state index contributed by atoms with van der Waals surface area (Å²) in [4.78, 5) is 0. The number of hydrogen-bond acceptors (Lipinski definition) is 0. The van der Waals surface area contributed by atoms with Crippen molar-refractivity contribution in [2.45, 2.75) is 25.2 Å². The van der Waals surface area contributed by atoms with Crippen molar-refractivity contribution in [2.24, 2.45) is 17.8 Å². The van der Waals surface area contributed by atoms with Crippen LogP contribution in [0.3, 0.4) is 0 Å². The SMILES string of the molecule is [Cl-].[NH3+]C[C@H]1[C@@H]2CC[C@@H](C2)[C@@H]1c1ccc(Cl)cc1. The highest BCUT2D eigenvalue weighted by atomic mass is 35.5. The Labute approximate surface area is 114 Å². The summed E-state index contributed by atoms with van der Waals surface area (Å²) in [5, 5.41) is 0.845. The number of hydrogen-bond donors (Lipinski definition) is 1. The van der Waals surface area contributed by atoms with Crippen molar-refractivity contribution in [1.29, 1.82) is 0 Å². The van der Waals surface area contributed by atoms with Crippen LogP contribution in [0.1, 0.15) is 30.7 Å². The summed E-state index contributed by atoms with van der Waals surface area (Å²) in [6.45, 7) is 1.09. The van der Waals surface area contributed by atoms with Crippen molar-refractivity contribution in [1.82, 2.24) is 0 Å². The fourth-order valence-corrected chi connectivity index (χ4v) is 4.16. The van der Waals surface area contributed by atoms with Crippen molar-refractivity contribution >= 4 is 11.6 Å². The van der Waals surface area contributed by atoms with E-state index in [0.29, 0.717) is 0 Å². The number of halogens is 2. The summed E-state index contributed by atoms with van der Waals surface area (Å²) >= 11 is 5.96. The zero-order valence-electron chi connectivity index (χ0n) is 9.91. The third-order valence-electron chi connectivity index (χ3n) is 4.68. The lowest BCUT2D eigenvalue weighted by Crippen LogP contribution is -3.00. The van der Waals surface area contributed by atoms with E-state index in [-0.39, 0.29) is 12.4 Å². The molecule has 3 N–H and O–H groups in total. The van der Waals surface area contributed by atoms with Gasteiger partial charge in [-0.25, -0.2) is 0 Å². The molecule has 0 aliphatic heterocycles. The van der Waals surface area contributed by atoms with Crippen LogP contribution in [-0.4, -0.2) is 6.54 Å². The first-order valence-corrected chi connectivity index (χ1v) is 6.72. The Morgan fingerprint density at radius 3 is 2.41 bits per heavy atom. The maximum Gasteiger partial charge on any atom is 0.0777 e. The van der Waals surface area contributed by atoms with Gasteiger partial charge in [-0.05, 0) is 54.7 Å². The summed E-state index contributed by atoms with van der Waals surface area (Å²) in [5.74, 6) is 3.44. The van der Waals surface area contributed by atoms with Gasteiger partial charge in [0.25, 0.3) is 0 Å². The summed E-state index contributed by atoms with van der Waals surface area (Å²) in [5.41, 5.74) is 5.64. The molecule has 3 rings (SSSR count). The van der Waals surface area contributed by atoms with E-state index in [0.717, 1.165) is 35.2 Å². The van der Waals surface area contributed by atoms with E-state index in [2.05, 4.69) is 17.9 Å². The molecule has 2 fully saturated rings. The monoisotopic (exact) mass is 271 g/mol. The van der Waals surface area contributed by atoms with Crippen molar-refractivity contribution in [3.8, 4) is 0 Å². The Morgan fingerprint density at radius 2 is 1.76 bits per heavy atom. The van der Waals surface area contributed by atoms with Gasteiger partial charge in [0.05, 0.1) is 6.54 Å². The molecule has 2 saturated carbocycles. The van der Waals surface area contributed by atoms with Crippen LogP contribution in [0.25, 0.3) is 0 Å². The van der Waals surface area contributed by atoms with E-state index in [1.807, 2.05) is 12.1 Å². The summed E-state index contributed by atoms with van der Waals surface area (Å²) in [7, 11) is 0. The molecule has 0 unspecified atom stereocenters. The topological polar surface area (TPSA) is 27.6 Å². The Kier molecular flexibility index (Phi) is 4.02. The number of rotatable bonds is 2. The minimum Gasteiger partial charge on any atom is -1.00 e. The average molecular weight is 272 g/mol. The normalized spacial score (nSPS) is 34.7. The third kappa shape index (κ3) is 2.21. The number of benzene rings is 1. The predicted octanol–water partition coefficient (Wildman–Crippen LogP) is -0.284. The Balaban J connectivity index is 0.00000108. The summed E-state index contributed by atoms with van der Waals surface area (Å²) in [6.07, 6.45) is 4.30. The molecule has 94 valence electrons. The highest BCUT2D eigenvalue weighted by Crippen LogP contribution is 2.56. The summed E-state index contributed by atoms with van der Waals surface area (Å²) < 4.78 is 0. The van der Waals surface area contributed by atoms with Gasteiger partial charge in [-0.15, -0.1) is 0 Å². The van der Waals surface area contributed by atoms with E-state index >= 15 is 0 Å². The van der Waals surface area contributed by atoms with E-state index in [1.165, 1.54) is 24.8 Å². The Morgan fingerprint density at radius 1 is 1.12 bits per heavy atom. The van der Waals surface area contributed by atoms with Crippen LogP contribution in [0, 0.1) is 17.8 Å². The zero-order chi connectivity index (χ0) is 11.1. The molecule has 1 nitrogen and oxygen atoms in total. The van der Waals surface area contributed by atoms with Crippen LogP contribution in [-0.2, 0) is 0 Å². The maximum absolute atomic E-state index is 5.96. The molecule has 0 saturated heterocycles. The van der Waals surface area contributed by atoms with Gasteiger partial charge in [0, 0.05) is 10.9 Å². The Bertz CT molecular complexity index is 376. The molecular formula is C14H19Cl2N. The van der Waals surface area contributed by atoms with E-state index in [1.54, 1.807) is 0 Å². The smallest absolute Gasteiger partial charge is 0.0777 e. The van der Waals surface area contributed by atoms with Crippen molar-refractivity contribution in [3.63, 3.8) is 0 Å². The summed E-state index contributed by atoms with van der Waals surface area (Å²) in [6, 6.07) is 8.50. The van der Waals surface area contributed by atoms with E-state index < -0.39 is 0 Å². The first kappa shape index (κ1) is 13.2. The van der Waals surface area contributed by atoms with Crippen LogP contribution >= 0.6 is 11.6 Å². The predicted molar refractivity (Wildman–Crippen MR) is 66.3 cm³/mol. The second kappa shape index (κ2) is 5.17. The van der Waals surface area contributed by atoms with Crippen molar-refractivity contribution in [3.05, 3.63) is 34.9 Å². The quantitative estimate of drug-likeness (QED) is 0.766. The molecule has 0 amide bonds. The molecule has 2 bridgehead atoms. The molecule has 0 spiro atoms. The first-order chi connectivity index (χ1) is 7.79. The molecule has 3 heteroatoms. The molecule has 0 heterocycles. The fourth-order valence-electron chi connectivity index (χ4n) is 4.03. The minimum atomic E-state index is 0. The van der Waals surface area contributed by atoms with Gasteiger partial charge >= 0.3 is 0 Å². The molecular weight excluding hydrogens is 253 g/mol. The van der Waals surface area contributed by atoms with Gasteiger partial charge in [-0.3, -0.25) is 0 Å². The van der Waals surface area contributed by atoms with Crippen molar-refractivity contribution in [2.75, 3.05) is 6.54 Å². The highest BCUT2D eigenvalue weighted by Gasteiger charge is 2.48. The van der Waals surface area contributed by atoms with Crippen LogP contribution in [0.15, 0.2) is 24.3 Å². The van der Waals surface area contributed by atoms with Crippen LogP contribution in [0.4, 0.5) is 0 Å². The van der Waals surface area contributed by atoms with E-state index in [4.69, 9.17) is 11.6 Å².